The molecule has 0 spiro atoms. The number of anilines is 1. The van der Waals surface area contributed by atoms with Crippen molar-refractivity contribution in [1.82, 2.24) is 20.3 Å². The van der Waals surface area contributed by atoms with E-state index in [1.807, 2.05) is 12.3 Å². The molecule has 1 aliphatic rings. The second-order valence-corrected chi connectivity index (χ2v) is 6.27. The lowest BCUT2D eigenvalue weighted by Gasteiger charge is -2.22. The van der Waals surface area contributed by atoms with Crippen molar-refractivity contribution in [2.45, 2.75) is 13.0 Å². The van der Waals surface area contributed by atoms with Gasteiger partial charge in [0.1, 0.15) is 6.10 Å². The molecule has 1 fully saturated rings. The molecule has 1 atom stereocenters. The number of hydrogen-bond acceptors (Lipinski definition) is 5. The Balaban J connectivity index is 1.75. The van der Waals surface area contributed by atoms with E-state index in [1.165, 1.54) is 5.56 Å². The molecule has 3 heterocycles. The van der Waals surface area contributed by atoms with E-state index in [9.17, 15) is 0 Å². The number of H-pyrrole nitrogens is 1. The molecule has 0 aliphatic carbocycles. The number of morpholine rings is 1. The van der Waals surface area contributed by atoms with E-state index in [0.717, 1.165) is 41.2 Å². The van der Waals surface area contributed by atoms with Gasteiger partial charge >= 0.3 is 0 Å². The number of nitrogens with one attached hydrogen (secondary N) is 2. The first-order chi connectivity index (χ1) is 12.2. The summed E-state index contributed by atoms with van der Waals surface area (Å²) in [6, 6.07) is 10.4. The normalized spacial score (nSPS) is 17.6. The third kappa shape index (κ3) is 3.26. The van der Waals surface area contributed by atoms with Crippen LogP contribution in [-0.2, 0) is 4.74 Å². The summed E-state index contributed by atoms with van der Waals surface area (Å²) in [5.74, 6) is 0.268. The molecule has 2 aromatic heterocycles. The van der Waals surface area contributed by atoms with Gasteiger partial charge in [0, 0.05) is 42.3 Å². The SMILES string of the molecule is Cc1cccc(-c2cnc(N)nc2-c2c[nH]c(C3CNCCO3)c2)c1. The summed E-state index contributed by atoms with van der Waals surface area (Å²) in [7, 11) is 0. The Labute approximate surface area is 146 Å². The van der Waals surface area contributed by atoms with E-state index in [0.29, 0.717) is 6.61 Å². The first kappa shape index (κ1) is 15.8. The van der Waals surface area contributed by atoms with Gasteiger partial charge in [-0.3, -0.25) is 0 Å². The first-order valence-corrected chi connectivity index (χ1v) is 8.41. The Kier molecular flexibility index (Phi) is 4.21. The molecule has 0 amide bonds. The molecule has 0 saturated carbocycles. The smallest absolute Gasteiger partial charge is 0.220 e. The third-order valence-electron chi connectivity index (χ3n) is 4.39. The van der Waals surface area contributed by atoms with Gasteiger partial charge in [-0.15, -0.1) is 0 Å². The van der Waals surface area contributed by atoms with Crippen LogP contribution in [0.3, 0.4) is 0 Å². The number of aryl methyl sites for hydroxylation is 1. The number of nitrogens with zero attached hydrogens (tertiary/aromatic N) is 2. The molecule has 0 bridgehead atoms. The van der Waals surface area contributed by atoms with E-state index in [-0.39, 0.29) is 12.1 Å². The second kappa shape index (κ2) is 6.66. The van der Waals surface area contributed by atoms with E-state index in [2.05, 4.69) is 51.5 Å². The second-order valence-electron chi connectivity index (χ2n) is 6.27. The van der Waals surface area contributed by atoms with Gasteiger partial charge in [-0.05, 0) is 18.6 Å². The summed E-state index contributed by atoms with van der Waals surface area (Å²) in [5.41, 5.74) is 11.9. The summed E-state index contributed by atoms with van der Waals surface area (Å²) >= 11 is 0. The summed E-state index contributed by atoms with van der Waals surface area (Å²) in [6.45, 7) is 4.48. The van der Waals surface area contributed by atoms with Crippen LogP contribution in [-0.4, -0.2) is 34.6 Å². The highest BCUT2D eigenvalue weighted by molar-refractivity contribution is 5.81. The average Bonchev–Trinajstić information content (AvgIpc) is 3.12. The Hall–Kier alpha value is -2.70. The molecule has 1 unspecified atom stereocenters. The van der Waals surface area contributed by atoms with Crippen LogP contribution in [0.15, 0.2) is 42.7 Å². The Morgan fingerprint density at radius 2 is 2.16 bits per heavy atom. The summed E-state index contributed by atoms with van der Waals surface area (Å²) < 4.78 is 5.82. The predicted octanol–water partition coefficient (Wildman–Crippen LogP) is 2.69. The van der Waals surface area contributed by atoms with Crippen LogP contribution in [0.4, 0.5) is 5.95 Å². The molecule has 4 N–H and O–H groups in total. The molecule has 6 heteroatoms. The van der Waals surface area contributed by atoms with Gasteiger partial charge in [-0.2, -0.15) is 0 Å². The highest BCUT2D eigenvalue weighted by Gasteiger charge is 2.19. The number of benzene rings is 1. The van der Waals surface area contributed by atoms with Crippen molar-refractivity contribution in [3.63, 3.8) is 0 Å². The van der Waals surface area contributed by atoms with Crippen molar-refractivity contribution in [3.8, 4) is 22.4 Å². The summed E-state index contributed by atoms with van der Waals surface area (Å²) in [5, 5.41) is 3.34. The molecule has 128 valence electrons. The van der Waals surface area contributed by atoms with Crippen LogP contribution in [0.1, 0.15) is 17.4 Å². The Bertz CT molecular complexity index is 883. The molecule has 1 saturated heterocycles. The molecule has 3 aromatic rings. The maximum atomic E-state index is 5.86. The minimum Gasteiger partial charge on any atom is -0.369 e. The first-order valence-electron chi connectivity index (χ1n) is 8.41. The van der Waals surface area contributed by atoms with Gasteiger partial charge in [0.25, 0.3) is 0 Å². The fourth-order valence-electron chi connectivity index (χ4n) is 3.14. The Morgan fingerprint density at radius 1 is 1.24 bits per heavy atom. The third-order valence-corrected chi connectivity index (χ3v) is 4.39. The van der Waals surface area contributed by atoms with Crippen LogP contribution in [0.25, 0.3) is 22.4 Å². The zero-order valence-electron chi connectivity index (χ0n) is 14.1. The quantitative estimate of drug-likeness (QED) is 0.685. The van der Waals surface area contributed by atoms with Crippen LogP contribution in [0.5, 0.6) is 0 Å². The topological polar surface area (TPSA) is 88.9 Å². The van der Waals surface area contributed by atoms with Crippen molar-refractivity contribution in [2.24, 2.45) is 0 Å². The van der Waals surface area contributed by atoms with E-state index in [4.69, 9.17) is 10.5 Å². The number of ether oxygens (including phenoxy) is 1. The van der Waals surface area contributed by atoms with Crippen molar-refractivity contribution in [2.75, 3.05) is 25.4 Å². The number of nitrogens with two attached hydrogens (primary N) is 1. The fraction of sp³-hybridized carbons (Fsp3) is 0.263. The summed E-state index contributed by atoms with van der Waals surface area (Å²) in [4.78, 5) is 12.0. The van der Waals surface area contributed by atoms with Crippen molar-refractivity contribution >= 4 is 5.95 Å². The van der Waals surface area contributed by atoms with Crippen LogP contribution in [0, 0.1) is 6.92 Å². The van der Waals surface area contributed by atoms with Gasteiger partial charge in [0.15, 0.2) is 0 Å². The van der Waals surface area contributed by atoms with Gasteiger partial charge in [0.05, 0.1) is 12.3 Å². The standard InChI is InChI=1S/C19H21N5O/c1-12-3-2-4-13(7-12)15-10-23-19(20)24-18(15)14-8-16(22-9-14)17-11-21-5-6-25-17/h2-4,7-10,17,21-22H,5-6,11H2,1H3,(H2,20,23,24). The minimum atomic E-state index is 0.0316. The van der Waals surface area contributed by atoms with Crippen LogP contribution >= 0.6 is 0 Å². The molecule has 4 rings (SSSR count). The minimum absolute atomic E-state index is 0.0316. The maximum Gasteiger partial charge on any atom is 0.220 e. The molecule has 1 aliphatic heterocycles. The molecular weight excluding hydrogens is 314 g/mol. The lowest BCUT2D eigenvalue weighted by atomic mass is 10.0. The average molecular weight is 335 g/mol. The number of aromatic amines is 1. The van der Waals surface area contributed by atoms with Crippen LogP contribution in [0.2, 0.25) is 0 Å². The highest BCUT2D eigenvalue weighted by Crippen LogP contribution is 2.32. The molecule has 25 heavy (non-hydrogen) atoms. The molecule has 1 aromatic carbocycles. The summed E-state index contributed by atoms with van der Waals surface area (Å²) in [6.07, 6.45) is 3.77. The lowest BCUT2D eigenvalue weighted by Crippen LogP contribution is -2.33. The van der Waals surface area contributed by atoms with E-state index >= 15 is 0 Å². The van der Waals surface area contributed by atoms with Gasteiger partial charge in [0.2, 0.25) is 5.95 Å². The van der Waals surface area contributed by atoms with Crippen molar-refractivity contribution < 1.29 is 4.74 Å². The van der Waals surface area contributed by atoms with Crippen molar-refractivity contribution in [3.05, 3.63) is 54.0 Å². The van der Waals surface area contributed by atoms with E-state index < -0.39 is 0 Å². The van der Waals surface area contributed by atoms with Gasteiger partial charge < -0.3 is 20.8 Å². The highest BCUT2D eigenvalue weighted by atomic mass is 16.5. The number of rotatable bonds is 3. The zero-order valence-corrected chi connectivity index (χ0v) is 14.1. The number of nitrogen functional groups attached to an aromatic ring is 1. The van der Waals surface area contributed by atoms with Crippen LogP contribution < -0.4 is 11.1 Å². The van der Waals surface area contributed by atoms with Gasteiger partial charge in [-0.25, -0.2) is 9.97 Å². The lowest BCUT2D eigenvalue weighted by molar-refractivity contribution is 0.0253. The molecule has 6 nitrogen and oxygen atoms in total. The Morgan fingerprint density at radius 3 is 2.96 bits per heavy atom. The van der Waals surface area contributed by atoms with E-state index in [1.54, 1.807) is 6.20 Å². The largest absolute Gasteiger partial charge is 0.369 e. The number of aromatic nitrogens is 3. The monoisotopic (exact) mass is 335 g/mol. The molecule has 0 radical (unpaired) electrons. The fourth-order valence-corrected chi connectivity index (χ4v) is 3.14. The zero-order chi connectivity index (χ0) is 17.2. The molecular formula is C19H21N5O. The predicted molar refractivity (Wildman–Crippen MR) is 98.0 cm³/mol. The van der Waals surface area contributed by atoms with Gasteiger partial charge in [-0.1, -0.05) is 29.8 Å². The van der Waals surface area contributed by atoms with Crippen molar-refractivity contribution in [1.29, 1.82) is 0 Å². The number of hydrogen-bond donors (Lipinski definition) is 3. The maximum absolute atomic E-state index is 5.86.